The highest BCUT2D eigenvalue weighted by Crippen LogP contribution is 2.16. The lowest BCUT2D eigenvalue weighted by molar-refractivity contribution is -0.152. The molecule has 94 valence electrons. The van der Waals surface area contributed by atoms with Crippen LogP contribution in [0.15, 0.2) is 24.3 Å². The van der Waals surface area contributed by atoms with Crippen LogP contribution < -0.4 is 4.74 Å². The molecule has 0 saturated heterocycles. The molecule has 0 heterocycles. The normalized spacial score (nSPS) is 11.1. The van der Waals surface area contributed by atoms with E-state index in [2.05, 4.69) is 0 Å². The molecule has 0 atom stereocenters. The van der Waals surface area contributed by atoms with Gasteiger partial charge in [0.05, 0.1) is 19.1 Å². The van der Waals surface area contributed by atoms with Crippen LogP contribution in [0.1, 0.15) is 26.3 Å². The maximum atomic E-state index is 11.5. The van der Waals surface area contributed by atoms with Gasteiger partial charge in [-0.05, 0) is 38.5 Å². The number of carbonyl (C=O) groups excluding carboxylic acids is 1. The number of hydrogen-bond donors (Lipinski definition) is 0. The minimum atomic E-state index is -0.436. The summed E-state index contributed by atoms with van der Waals surface area (Å²) in [6.45, 7) is 5.95. The van der Waals surface area contributed by atoms with Crippen LogP contribution in [-0.4, -0.2) is 19.7 Å². The first-order valence-electron chi connectivity index (χ1n) is 5.73. The molecule has 0 unspecified atom stereocenters. The monoisotopic (exact) mass is 236 g/mol. The van der Waals surface area contributed by atoms with E-state index in [1.807, 2.05) is 45.0 Å². The molecule has 0 aliphatic rings. The van der Waals surface area contributed by atoms with Crippen LogP contribution >= 0.6 is 0 Å². The summed E-state index contributed by atoms with van der Waals surface area (Å²) in [7, 11) is 1.64. The number of esters is 1. The Hall–Kier alpha value is -1.51. The van der Waals surface area contributed by atoms with Crippen molar-refractivity contribution in [3.8, 4) is 5.75 Å². The fraction of sp³-hybridized carbons (Fsp3) is 0.500. The van der Waals surface area contributed by atoms with Gasteiger partial charge in [-0.1, -0.05) is 12.1 Å². The zero-order valence-corrected chi connectivity index (χ0v) is 10.9. The Kier molecular flexibility index (Phi) is 4.55. The summed E-state index contributed by atoms with van der Waals surface area (Å²) in [5, 5.41) is 0. The van der Waals surface area contributed by atoms with Gasteiger partial charge in [-0.3, -0.25) is 4.79 Å². The Morgan fingerprint density at radius 2 is 2.00 bits per heavy atom. The van der Waals surface area contributed by atoms with Crippen molar-refractivity contribution in [3.63, 3.8) is 0 Å². The first-order chi connectivity index (χ1) is 7.93. The van der Waals surface area contributed by atoms with Gasteiger partial charge in [-0.25, -0.2) is 0 Å². The molecule has 1 aromatic rings. The average molecular weight is 236 g/mol. The van der Waals surface area contributed by atoms with Crippen molar-refractivity contribution < 1.29 is 14.3 Å². The van der Waals surface area contributed by atoms with E-state index in [0.29, 0.717) is 13.0 Å². The number of hydrogen-bond acceptors (Lipinski definition) is 3. The van der Waals surface area contributed by atoms with Gasteiger partial charge in [0.15, 0.2) is 0 Å². The Labute approximate surface area is 103 Å². The maximum absolute atomic E-state index is 11.5. The second-order valence-corrected chi connectivity index (χ2v) is 4.99. The minimum absolute atomic E-state index is 0.166. The molecule has 0 bridgehead atoms. The van der Waals surface area contributed by atoms with Gasteiger partial charge in [0.1, 0.15) is 5.75 Å². The van der Waals surface area contributed by atoms with Crippen molar-refractivity contribution in [3.05, 3.63) is 29.8 Å². The standard InChI is InChI=1S/C14H20O3/c1-14(2,3)13(15)17-9-8-11-6-5-7-12(10-11)16-4/h5-7,10H,8-9H2,1-4H3. The van der Waals surface area contributed by atoms with E-state index >= 15 is 0 Å². The summed E-state index contributed by atoms with van der Waals surface area (Å²) in [6.07, 6.45) is 0.707. The van der Waals surface area contributed by atoms with Gasteiger partial charge in [0.2, 0.25) is 0 Å². The lowest BCUT2D eigenvalue weighted by atomic mass is 9.97. The summed E-state index contributed by atoms with van der Waals surface area (Å²) in [4.78, 5) is 11.5. The molecule has 1 aromatic carbocycles. The summed E-state index contributed by atoms with van der Waals surface area (Å²) in [5.74, 6) is 0.657. The minimum Gasteiger partial charge on any atom is -0.497 e. The molecule has 0 radical (unpaired) electrons. The molecule has 0 fully saturated rings. The first-order valence-corrected chi connectivity index (χ1v) is 5.73. The Morgan fingerprint density at radius 1 is 1.29 bits per heavy atom. The van der Waals surface area contributed by atoms with Crippen LogP contribution in [0.2, 0.25) is 0 Å². The van der Waals surface area contributed by atoms with E-state index < -0.39 is 5.41 Å². The summed E-state index contributed by atoms with van der Waals surface area (Å²) >= 11 is 0. The van der Waals surface area contributed by atoms with E-state index in [1.165, 1.54) is 0 Å². The molecule has 0 saturated carbocycles. The van der Waals surface area contributed by atoms with Gasteiger partial charge >= 0.3 is 5.97 Å². The van der Waals surface area contributed by atoms with Crippen molar-refractivity contribution >= 4 is 5.97 Å². The van der Waals surface area contributed by atoms with E-state index in [-0.39, 0.29) is 5.97 Å². The number of carbonyl (C=O) groups is 1. The number of benzene rings is 1. The Morgan fingerprint density at radius 3 is 2.59 bits per heavy atom. The molecule has 0 aliphatic heterocycles. The van der Waals surface area contributed by atoms with Gasteiger partial charge in [-0.15, -0.1) is 0 Å². The molecule has 17 heavy (non-hydrogen) atoms. The fourth-order valence-corrected chi connectivity index (χ4v) is 1.31. The van der Waals surface area contributed by atoms with Crippen LogP contribution in [0.5, 0.6) is 5.75 Å². The van der Waals surface area contributed by atoms with Crippen LogP contribution in [0, 0.1) is 5.41 Å². The third-order valence-corrected chi connectivity index (χ3v) is 2.37. The van der Waals surface area contributed by atoms with Crippen LogP contribution in [0.25, 0.3) is 0 Å². The van der Waals surface area contributed by atoms with Crippen molar-refractivity contribution in [1.29, 1.82) is 0 Å². The van der Waals surface area contributed by atoms with Crippen molar-refractivity contribution in [1.82, 2.24) is 0 Å². The fourth-order valence-electron chi connectivity index (χ4n) is 1.31. The number of ether oxygens (including phenoxy) is 2. The highest BCUT2D eigenvalue weighted by molar-refractivity contribution is 5.75. The second kappa shape index (κ2) is 5.71. The van der Waals surface area contributed by atoms with Gasteiger partial charge < -0.3 is 9.47 Å². The molecule has 0 N–H and O–H groups in total. The SMILES string of the molecule is COc1cccc(CCOC(=O)C(C)(C)C)c1. The Bertz CT molecular complexity index is 377. The molecule has 3 nitrogen and oxygen atoms in total. The predicted octanol–water partition coefficient (Wildman–Crippen LogP) is 2.83. The van der Waals surface area contributed by atoms with Crippen LogP contribution in [0.4, 0.5) is 0 Å². The zero-order valence-electron chi connectivity index (χ0n) is 10.9. The average Bonchev–Trinajstić information content (AvgIpc) is 2.28. The topological polar surface area (TPSA) is 35.5 Å². The molecule has 1 rings (SSSR count). The van der Waals surface area contributed by atoms with E-state index in [0.717, 1.165) is 11.3 Å². The zero-order chi connectivity index (χ0) is 12.9. The lowest BCUT2D eigenvalue weighted by Gasteiger charge is -2.16. The largest absolute Gasteiger partial charge is 0.497 e. The third-order valence-electron chi connectivity index (χ3n) is 2.37. The van der Waals surface area contributed by atoms with Crippen molar-refractivity contribution in [2.24, 2.45) is 5.41 Å². The predicted molar refractivity (Wildman–Crippen MR) is 67.1 cm³/mol. The number of methoxy groups -OCH3 is 1. The molecule has 0 spiro atoms. The third kappa shape index (κ3) is 4.47. The molecule has 0 amide bonds. The van der Waals surface area contributed by atoms with E-state index in [9.17, 15) is 4.79 Å². The quantitative estimate of drug-likeness (QED) is 0.754. The molecule has 0 aliphatic carbocycles. The molecular weight excluding hydrogens is 216 g/mol. The Balaban J connectivity index is 2.43. The summed E-state index contributed by atoms with van der Waals surface area (Å²) < 4.78 is 10.3. The summed E-state index contributed by atoms with van der Waals surface area (Å²) in [6, 6.07) is 7.77. The highest BCUT2D eigenvalue weighted by Gasteiger charge is 2.22. The number of rotatable bonds is 4. The van der Waals surface area contributed by atoms with Gasteiger partial charge in [0.25, 0.3) is 0 Å². The van der Waals surface area contributed by atoms with Gasteiger partial charge in [0, 0.05) is 6.42 Å². The lowest BCUT2D eigenvalue weighted by Crippen LogP contribution is -2.23. The van der Waals surface area contributed by atoms with E-state index in [1.54, 1.807) is 7.11 Å². The molecule has 3 heteroatoms. The van der Waals surface area contributed by atoms with Crippen molar-refractivity contribution in [2.75, 3.05) is 13.7 Å². The molecule has 0 aromatic heterocycles. The van der Waals surface area contributed by atoms with Crippen LogP contribution in [-0.2, 0) is 16.0 Å². The molecular formula is C14H20O3. The van der Waals surface area contributed by atoms with E-state index in [4.69, 9.17) is 9.47 Å². The van der Waals surface area contributed by atoms with Gasteiger partial charge in [-0.2, -0.15) is 0 Å². The second-order valence-electron chi connectivity index (χ2n) is 4.99. The smallest absolute Gasteiger partial charge is 0.311 e. The highest BCUT2D eigenvalue weighted by atomic mass is 16.5. The van der Waals surface area contributed by atoms with Crippen molar-refractivity contribution in [2.45, 2.75) is 27.2 Å². The maximum Gasteiger partial charge on any atom is 0.311 e. The van der Waals surface area contributed by atoms with Crippen LogP contribution in [0.3, 0.4) is 0 Å². The summed E-state index contributed by atoms with van der Waals surface area (Å²) in [5.41, 5.74) is 0.667. The first kappa shape index (κ1) is 13.6.